The number of fused-ring (bicyclic) bond motifs is 1. The van der Waals surface area contributed by atoms with Crippen LogP contribution >= 0.6 is 11.3 Å². The molecule has 2 N–H and O–H groups in total. The number of anilines is 1. The molecule has 1 aliphatic carbocycles. The summed E-state index contributed by atoms with van der Waals surface area (Å²) in [6, 6.07) is 0. The van der Waals surface area contributed by atoms with E-state index in [1.54, 1.807) is 0 Å². The number of carboxylic acid groups (broad SMARTS) is 1. The fourth-order valence-electron chi connectivity index (χ4n) is 3.00. The van der Waals surface area contributed by atoms with Crippen molar-refractivity contribution in [3.05, 3.63) is 16.0 Å². The van der Waals surface area contributed by atoms with Crippen LogP contribution in [-0.2, 0) is 27.2 Å². The van der Waals surface area contributed by atoms with Gasteiger partial charge >= 0.3 is 11.9 Å². The van der Waals surface area contributed by atoms with E-state index in [0.29, 0.717) is 16.5 Å². The van der Waals surface area contributed by atoms with Gasteiger partial charge in [-0.25, -0.2) is 4.79 Å². The fraction of sp³-hybridized carbons (Fsp3) is 0.588. The average molecular weight is 353 g/mol. The van der Waals surface area contributed by atoms with Crippen molar-refractivity contribution in [1.29, 1.82) is 0 Å². The lowest BCUT2D eigenvalue weighted by atomic mass is 9.85. The highest BCUT2D eigenvalue weighted by Gasteiger charge is 2.29. The first-order valence-corrected chi connectivity index (χ1v) is 9.02. The number of carbonyl (C=O) groups excluding carboxylic acids is 2. The highest BCUT2D eigenvalue weighted by atomic mass is 32.1. The minimum atomic E-state index is -0.921. The van der Waals surface area contributed by atoms with Gasteiger partial charge in [0.25, 0.3) is 0 Å². The second-order valence-corrected chi connectivity index (χ2v) is 7.12. The Balaban J connectivity index is 2.16. The summed E-state index contributed by atoms with van der Waals surface area (Å²) in [5.41, 5.74) is 1.47. The van der Waals surface area contributed by atoms with Crippen LogP contribution in [0.1, 0.15) is 59.8 Å². The Morgan fingerprint density at radius 1 is 1.33 bits per heavy atom. The van der Waals surface area contributed by atoms with Gasteiger partial charge in [0.2, 0.25) is 5.91 Å². The number of thiophene rings is 1. The van der Waals surface area contributed by atoms with E-state index in [4.69, 9.17) is 9.84 Å². The zero-order valence-electron chi connectivity index (χ0n) is 14.0. The largest absolute Gasteiger partial charge is 0.481 e. The molecule has 2 rings (SSSR count). The van der Waals surface area contributed by atoms with Gasteiger partial charge in [0.1, 0.15) is 5.00 Å². The number of nitrogens with one attached hydrogen (secondary N) is 1. The van der Waals surface area contributed by atoms with Crippen LogP contribution in [0.2, 0.25) is 0 Å². The third kappa shape index (κ3) is 4.35. The molecule has 0 saturated heterocycles. The van der Waals surface area contributed by atoms with Crippen LogP contribution in [0.4, 0.5) is 5.00 Å². The van der Waals surface area contributed by atoms with Crippen molar-refractivity contribution >= 4 is 34.2 Å². The molecule has 24 heavy (non-hydrogen) atoms. The van der Waals surface area contributed by atoms with E-state index in [2.05, 4.69) is 12.2 Å². The topological polar surface area (TPSA) is 92.7 Å². The number of esters is 1. The molecule has 0 aromatic carbocycles. The fourth-order valence-corrected chi connectivity index (χ4v) is 4.36. The number of aliphatic carboxylic acids is 1. The lowest BCUT2D eigenvalue weighted by molar-refractivity contribution is -0.137. The van der Waals surface area contributed by atoms with Crippen LogP contribution in [0.5, 0.6) is 0 Å². The van der Waals surface area contributed by atoms with E-state index in [1.165, 1.54) is 18.4 Å². The van der Waals surface area contributed by atoms with Gasteiger partial charge in [-0.15, -0.1) is 11.3 Å². The van der Waals surface area contributed by atoms with Gasteiger partial charge < -0.3 is 15.2 Å². The summed E-state index contributed by atoms with van der Waals surface area (Å²) < 4.78 is 4.89. The lowest BCUT2D eigenvalue weighted by Crippen LogP contribution is -2.16. The monoisotopic (exact) mass is 353 g/mol. The first kappa shape index (κ1) is 18.4. The summed E-state index contributed by atoms with van der Waals surface area (Å²) in [7, 11) is 1.34. The molecule has 1 heterocycles. The molecule has 132 valence electrons. The Bertz CT molecular complexity index is 637. The van der Waals surface area contributed by atoms with E-state index in [-0.39, 0.29) is 25.2 Å². The van der Waals surface area contributed by atoms with Gasteiger partial charge in [0.05, 0.1) is 12.7 Å². The maximum absolute atomic E-state index is 12.2. The Hall–Kier alpha value is -1.89. The van der Waals surface area contributed by atoms with Crippen molar-refractivity contribution in [2.75, 3.05) is 12.4 Å². The molecule has 0 saturated carbocycles. The van der Waals surface area contributed by atoms with Crippen molar-refractivity contribution in [3.63, 3.8) is 0 Å². The average Bonchev–Trinajstić information content (AvgIpc) is 2.90. The molecule has 1 aromatic rings. The van der Waals surface area contributed by atoms with Crippen molar-refractivity contribution in [2.45, 2.75) is 51.9 Å². The first-order chi connectivity index (χ1) is 11.5. The van der Waals surface area contributed by atoms with Gasteiger partial charge in [-0.2, -0.15) is 0 Å². The Morgan fingerprint density at radius 2 is 2.08 bits per heavy atom. The van der Waals surface area contributed by atoms with Crippen LogP contribution < -0.4 is 5.32 Å². The Morgan fingerprint density at radius 3 is 2.71 bits per heavy atom. The molecular weight excluding hydrogens is 330 g/mol. The number of hydrogen-bond acceptors (Lipinski definition) is 5. The Kier molecular flexibility index (Phi) is 6.36. The maximum atomic E-state index is 12.2. The normalized spacial score (nSPS) is 16.3. The summed E-state index contributed by atoms with van der Waals surface area (Å²) >= 11 is 1.44. The number of rotatable bonds is 7. The zero-order chi connectivity index (χ0) is 17.7. The molecule has 0 fully saturated rings. The van der Waals surface area contributed by atoms with E-state index < -0.39 is 11.9 Å². The van der Waals surface area contributed by atoms with E-state index in [9.17, 15) is 14.4 Å². The highest BCUT2D eigenvalue weighted by Crippen LogP contribution is 2.40. The molecule has 0 radical (unpaired) electrons. The first-order valence-electron chi connectivity index (χ1n) is 8.20. The predicted molar refractivity (Wildman–Crippen MR) is 91.6 cm³/mol. The molecule has 1 unspecified atom stereocenters. The minimum Gasteiger partial charge on any atom is -0.481 e. The third-order valence-electron chi connectivity index (χ3n) is 4.38. The Labute approximate surface area is 145 Å². The molecule has 1 amide bonds. The van der Waals surface area contributed by atoms with E-state index in [0.717, 1.165) is 36.1 Å². The van der Waals surface area contributed by atoms with Crippen LogP contribution in [-0.4, -0.2) is 30.1 Å². The van der Waals surface area contributed by atoms with E-state index >= 15 is 0 Å². The summed E-state index contributed by atoms with van der Waals surface area (Å²) in [5, 5.41) is 11.9. The van der Waals surface area contributed by atoms with Crippen LogP contribution in [0.25, 0.3) is 0 Å². The number of carbonyl (C=O) groups is 3. The summed E-state index contributed by atoms with van der Waals surface area (Å²) in [6.45, 7) is 2.16. The predicted octanol–water partition coefficient (Wildman–Crippen LogP) is 3.24. The molecule has 7 heteroatoms. The summed E-state index contributed by atoms with van der Waals surface area (Å²) in [4.78, 5) is 35.9. The molecule has 6 nitrogen and oxygen atoms in total. The number of amides is 1. The van der Waals surface area contributed by atoms with Crippen LogP contribution in [0.3, 0.4) is 0 Å². The number of carboxylic acids is 1. The van der Waals surface area contributed by atoms with Gasteiger partial charge in [0, 0.05) is 17.7 Å². The van der Waals surface area contributed by atoms with Crippen molar-refractivity contribution in [1.82, 2.24) is 0 Å². The number of ether oxygens (including phenoxy) is 1. The van der Waals surface area contributed by atoms with Gasteiger partial charge in [0.15, 0.2) is 0 Å². The quantitative estimate of drug-likeness (QED) is 0.734. The second kappa shape index (κ2) is 8.28. The summed E-state index contributed by atoms with van der Waals surface area (Å²) in [5.74, 6) is -1.01. The van der Waals surface area contributed by atoms with Crippen molar-refractivity contribution in [3.8, 4) is 0 Å². The molecule has 0 bridgehead atoms. The molecule has 0 spiro atoms. The minimum absolute atomic E-state index is 0.0452. The van der Waals surface area contributed by atoms with Gasteiger partial charge in [-0.3, -0.25) is 9.59 Å². The third-order valence-corrected chi connectivity index (χ3v) is 5.55. The molecule has 1 atom stereocenters. The summed E-state index contributed by atoms with van der Waals surface area (Å²) in [6.07, 6.45) is 4.23. The van der Waals surface area contributed by atoms with Gasteiger partial charge in [-0.05, 0) is 37.2 Å². The SMILES string of the molecule is CCC1CCc2c(sc(NC(=O)CCCC(=O)O)c2C(=O)OC)C1. The maximum Gasteiger partial charge on any atom is 0.341 e. The zero-order valence-corrected chi connectivity index (χ0v) is 14.8. The number of hydrogen-bond donors (Lipinski definition) is 2. The lowest BCUT2D eigenvalue weighted by Gasteiger charge is -2.20. The highest BCUT2D eigenvalue weighted by molar-refractivity contribution is 7.17. The van der Waals surface area contributed by atoms with Gasteiger partial charge in [-0.1, -0.05) is 13.3 Å². The molecular formula is C17H23NO5S. The molecule has 1 aromatic heterocycles. The van der Waals surface area contributed by atoms with Crippen molar-refractivity contribution < 1.29 is 24.2 Å². The standard InChI is InChI=1S/C17H23NO5S/c1-3-10-7-8-11-12(9-10)24-16(15(11)17(22)23-2)18-13(19)5-4-6-14(20)21/h10H,3-9H2,1-2H3,(H,18,19)(H,20,21). The number of methoxy groups -OCH3 is 1. The molecule has 1 aliphatic rings. The van der Waals surface area contributed by atoms with Crippen LogP contribution in [0.15, 0.2) is 0 Å². The second-order valence-electron chi connectivity index (χ2n) is 6.01. The van der Waals surface area contributed by atoms with E-state index in [1.807, 2.05) is 0 Å². The van der Waals surface area contributed by atoms with Crippen molar-refractivity contribution in [2.24, 2.45) is 5.92 Å². The van der Waals surface area contributed by atoms with Crippen LogP contribution in [0, 0.1) is 5.92 Å². The molecule has 0 aliphatic heterocycles. The smallest absolute Gasteiger partial charge is 0.341 e.